The van der Waals surface area contributed by atoms with E-state index in [-0.39, 0.29) is 5.91 Å². The van der Waals surface area contributed by atoms with Crippen molar-refractivity contribution in [3.8, 4) is 0 Å². The lowest BCUT2D eigenvalue weighted by atomic mass is 10.0. The van der Waals surface area contributed by atoms with Gasteiger partial charge >= 0.3 is 0 Å². The Bertz CT molecular complexity index is 882. The van der Waals surface area contributed by atoms with Crippen molar-refractivity contribution in [1.29, 1.82) is 0 Å². The Labute approximate surface area is 172 Å². The van der Waals surface area contributed by atoms with Gasteiger partial charge in [-0.1, -0.05) is 91.5 Å². The predicted molar refractivity (Wildman–Crippen MR) is 114 cm³/mol. The molecule has 140 valence electrons. The van der Waals surface area contributed by atoms with Crippen LogP contribution in [0.2, 0.25) is 0 Å². The second kappa shape index (κ2) is 9.35. The van der Waals surface area contributed by atoms with E-state index < -0.39 is 5.38 Å². The molecule has 0 aliphatic carbocycles. The molecule has 0 saturated carbocycles. The first-order valence-electron chi connectivity index (χ1n) is 8.58. The molecule has 0 aliphatic heterocycles. The highest BCUT2D eigenvalue weighted by molar-refractivity contribution is 8.00. The topological polar surface area (TPSA) is 54.9 Å². The number of carbonyl (C=O) groups is 1. The van der Waals surface area contributed by atoms with Crippen LogP contribution in [0, 0.1) is 0 Å². The highest BCUT2D eigenvalue weighted by atomic mass is 35.5. The Morgan fingerprint density at radius 3 is 2.44 bits per heavy atom. The maximum Gasteiger partial charge on any atom is 0.248 e. The SMILES string of the molecule is CC(C)c1ccc(CSc2nnc(NC(=O)C(Cl)c3ccccc3)s2)cc1. The first-order valence-corrected chi connectivity index (χ1v) is 10.8. The van der Waals surface area contributed by atoms with Crippen molar-refractivity contribution in [3.63, 3.8) is 0 Å². The summed E-state index contributed by atoms with van der Waals surface area (Å²) in [6.07, 6.45) is 0. The van der Waals surface area contributed by atoms with E-state index in [0.717, 1.165) is 15.7 Å². The number of nitrogens with one attached hydrogen (secondary N) is 1. The molecule has 3 rings (SSSR count). The van der Waals surface area contributed by atoms with Gasteiger partial charge in [-0.25, -0.2) is 0 Å². The fourth-order valence-corrected chi connectivity index (χ4v) is 4.32. The summed E-state index contributed by atoms with van der Waals surface area (Å²) in [5.41, 5.74) is 3.31. The van der Waals surface area contributed by atoms with Gasteiger partial charge in [-0.3, -0.25) is 10.1 Å². The Morgan fingerprint density at radius 1 is 1.07 bits per heavy atom. The molecule has 1 unspecified atom stereocenters. The van der Waals surface area contributed by atoms with Gasteiger partial charge in [0, 0.05) is 5.75 Å². The Kier molecular flexibility index (Phi) is 6.88. The van der Waals surface area contributed by atoms with Gasteiger partial charge in [0.2, 0.25) is 11.0 Å². The van der Waals surface area contributed by atoms with E-state index >= 15 is 0 Å². The third-order valence-corrected chi connectivity index (χ3v) is 6.46. The minimum atomic E-state index is -0.759. The molecule has 27 heavy (non-hydrogen) atoms. The Balaban J connectivity index is 1.54. The van der Waals surface area contributed by atoms with Crippen molar-refractivity contribution in [2.75, 3.05) is 5.32 Å². The average molecular weight is 418 g/mol. The second-order valence-corrected chi connectivity index (χ2v) is 8.96. The highest BCUT2D eigenvalue weighted by Crippen LogP contribution is 2.30. The molecule has 1 atom stereocenters. The summed E-state index contributed by atoms with van der Waals surface area (Å²) in [5, 5.41) is 10.6. The quantitative estimate of drug-likeness (QED) is 0.296. The average Bonchev–Trinajstić information content (AvgIpc) is 3.14. The Hall–Kier alpha value is -1.89. The van der Waals surface area contributed by atoms with Crippen molar-refractivity contribution in [2.45, 2.75) is 35.2 Å². The van der Waals surface area contributed by atoms with Crippen molar-refractivity contribution in [1.82, 2.24) is 10.2 Å². The van der Waals surface area contributed by atoms with Gasteiger partial charge in [0.05, 0.1) is 0 Å². The molecule has 1 aromatic heterocycles. The molecule has 3 aromatic rings. The van der Waals surface area contributed by atoms with Gasteiger partial charge in [0.15, 0.2) is 4.34 Å². The summed E-state index contributed by atoms with van der Waals surface area (Å²) in [7, 11) is 0. The number of benzene rings is 2. The number of nitrogens with zero attached hydrogens (tertiary/aromatic N) is 2. The third-order valence-electron chi connectivity index (χ3n) is 3.97. The molecule has 0 spiro atoms. The number of rotatable bonds is 7. The molecule has 2 aromatic carbocycles. The van der Waals surface area contributed by atoms with Gasteiger partial charge in [-0.05, 0) is 22.6 Å². The van der Waals surface area contributed by atoms with Crippen LogP contribution in [0.3, 0.4) is 0 Å². The summed E-state index contributed by atoms with van der Waals surface area (Å²) < 4.78 is 0.809. The lowest BCUT2D eigenvalue weighted by Gasteiger charge is -2.08. The zero-order chi connectivity index (χ0) is 19.2. The zero-order valence-electron chi connectivity index (χ0n) is 15.1. The summed E-state index contributed by atoms with van der Waals surface area (Å²) in [6, 6.07) is 17.8. The monoisotopic (exact) mass is 417 g/mol. The molecule has 0 fully saturated rings. The Morgan fingerprint density at radius 2 is 1.78 bits per heavy atom. The van der Waals surface area contributed by atoms with Crippen LogP contribution in [0.15, 0.2) is 58.9 Å². The number of hydrogen-bond donors (Lipinski definition) is 1. The fraction of sp³-hybridized carbons (Fsp3) is 0.250. The number of halogens is 1. The van der Waals surface area contributed by atoms with Crippen molar-refractivity contribution in [2.24, 2.45) is 0 Å². The van der Waals surface area contributed by atoms with E-state index in [2.05, 4.69) is 53.6 Å². The smallest absolute Gasteiger partial charge is 0.248 e. The van der Waals surface area contributed by atoms with Crippen LogP contribution in [0.25, 0.3) is 0 Å². The molecule has 4 nitrogen and oxygen atoms in total. The van der Waals surface area contributed by atoms with E-state index in [1.165, 1.54) is 22.5 Å². The lowest BCUT2D eigenvalue weighted by Crippen LogP contribution is -2.17. The van der Waals surface area contributed by atoms with Crippen molar-refractivity contribution < 1.29 is 4.79 Å². The number of amides is 1. The maximum absolute atomic E-state index is 12.3. The molecule has 0 aliphatic rings. The lowest BCUT2D eigenvalue weighted by molar-refractivity contribution is -0.116. The number of aromatic nitrogens is 2. The molecule has 1 N–H and O–H groups in total. The zero-order valence-corrected chi connectivity index (χ0v) is 17.4. The van der Waals surface area contributed by atoms with Gasteiger partial charge in [0.1, 0.15) is 5.38 Å². The van der Waals surface area contributed by atoms with Gasteiger partial charge in [0.25, 0.3) is 0 Å². The number of alkyl halides is 1. The number of carbonyl (C=O) groups excluding carboxylic acids is 1. The number of anilines is 1. The first-order chi connectivity index (χ1) is 13.0. The third kappa shape index (κ3) is 5.54. The van der Waals surface area contributed by atoms with Crippen LogP contribution in [-0.2, 0) is 10.5 Å². The summed E-state index contributed by atoms with van der Waals surface area (Å²) in [6.45, 7) is 4.37. The van der Waals surface area contributed by atoms with E-state index in [1.807, 2.05) is 30.3 Å². The molecule has 7 heteroatoms. The fourth-order valence-electron chi connectivity index (χ4n) is 2.40. The molecule has 1 heterocycles. The van der Waals surface area contributed by atoms with Crippen LogP contribution in [0.5, 0.6) is 0 Å². The van der Waals surface area contributed by atoms with E-state index in [4.69, 9.17) is 11.6 Å². The van der Waals surface area contributed by atoms with Crippen LogP contribution in [0.4, 0.5) is 5.13 Å². The van der Waals surface area contributed by atoms with Crippen LogP contribution in [-0.4, -0.2) is 16.1 Å². The summed E-state index contributed by atoms with van der Waals surface area (Å²) in [4.78, 5) is 12.3. The molecule has 0 saturated heterocycles. The molecule has 0 radical (unpaired) electrons. The normalized spacial score (nSPS) is 12.1. The predicted octanol–water partition coefficient (Wildman–Crippen LogP) is 5.87. The summed E-state index contributed by atoms with van der Waals surface area (Å²) in [5.74, 6) is 1.03. The van der Waals surface area contributed by atoms with Crippen molar-refractivity contribution in [3.05, 3.63) is 71.3 Å². The van der Waals surface area contributed by atoms with Crippen molar-refractivity contribution >= 4 is 45.7 Å². The standard InChI is InChI=1S/C20H20ClN3OS2/c1-13(2)15-10-8-14(9-11-15)12-26-20-24-23-19(27-20)22-18(25)17(21)16-6-4-3-5-7-16/h3-11,13,17H,12H2,1-2H3,(H,22,23,25). The molecule has 1 amide bonds. The largest absolute Gasteiger partial charge is 0.299 e. The second-order valence-electron chi connectivity index (χ2n) is 6.32. The number of thioether (sulfide) groups is 1. The summed E-state index contributed by atoms with van der Waals surface area (Å²) >= 11 is 9.18. The maximum atomic E-state index is 12.3. The van der Waals surface area contributed by atoms with E-state index in [1.54, 1.807) is 11.8 Å². The van der Waals surface area contributed by atoms with Crippen LogP contribution >= 0.6 is 34.7 Å². The van der Waals surface area contributed by atoms with Gasteiger partial charge < -0.3 is 0 Å². The van der Waals surface area contributed by atoms with Gasteiger partial charge in [-0.2, -0.15) is 0 Å². The van der Waals surface area contributed by atoms with Crippen LogP contribution < -0.4 is 5.32 Å². The van der Waals surface area contributed by atoms with E-state index in [9.17, 15) is 4.79 Å². The number of hydrogen-bond acceptors (Lipinski definition) is 5. The van der Waals surface area contributed by atoms with E-state index in [0.29, 0.717) is 11.0 Å². The minimum Gasteiger partial charge on any atom is -0.299 e. The van der Waals surface area contributed by atoms with Crippen LogP contribution in [0.1, 0.15) is 41.8 Å². The first kappa shape index (κ1) is 19.9. The molecular formula is C20H20ClN3OS2. The molecular weight excluding hydrogens is 398 g/mol. The minimum absolute atomic E-state index is 0.306. The highest BCUT2D eigenvalue weighted by Gasteiger charge is 2.19. The van der Waals surface area contributed by atoms with Gasteiger partial charge in [-0.15, -0.1) is 21.8 Å². The molecule has 0 bridgehead atoms.